The molecule has 1 aliphatic carbocycles. The second-order valence-corrected chi connectivity index (χ2v) is 13.2. The molecule has 2 aromatic heterocycles. The Morgan fingerprint density at radius 3 is 2.22 bits per heavy atom. The summed E-state index contributed by atoms with van der Waals surface area (Å²) in [5.74, 6) is 0.813. The van der Waals surface area contributed by atoms with Gasteiger partial charge in [-0.25, -0.2) is 9.78 Å². The van der Waals surface area contributed by atoms with Gasteiger partial charge in [-0.15, -0.1) is 0 Å². The van der Waals surface area contributed by atoms with Crippen LogP contribution in [0.15, 0.2) is 97.3 Å². The second kappa shape index (κ2) is 15.2. The Bertz CT molecular complexity index is 1900. The number of rotatable bonds is 11. The fraction of sp³-hybridized carbons (Fsp3) is 0.342. The Kier molecular flexibility index (Phi) is 10.1. The lowest BCUT2D eigenvalue weighted by Gasteiger charge is -2.22. The number of carbonyl (C=O) groups excluding carboxylic acids is 2. The van der Waals surface area contributed by atoms with E-state index in [1.807, 2.05) is 71.6 Å². The normalized spacial score (nSPS) is 21.6. The first-order valence-corrected chi connectivity index (χ1v) is 17.5. The number of aliphatic hydroxyl groups excluding tert-OH is 2. The lowest BCUT2D eigenvalue weighted by molar-refractivity contribution is -0.122. The summed E-state index contributed by atoms with van der Waals surface area (Å²) in [5, 5.41) is 34.4. The molecule has 3 amide bonds. The van der Waals surface area contributed by atoms with Gasteiger partial charge < -0.3 is 40.9 Å². The van der Waals surface area contributed by atoms with Crippen LogP contribution >= 0.6 is 0 Å². The molecular weight excluding hydrogens is 646 g/mol. The molecule has 1 unspecified atom stereocenters. The molecule has 0 radical (unpaired) electrons. The number of anilines is 3. The summed E-state index contributed by atoms with van der Waals surface area (Å²) in [6.07, 6.45) is 0.596. The van der Waals surface area contributed by atoms with Crippen molar-refractivity contribution in [2.75, 3.05) is 35.2 Å². The van der Waals surface area contributed by atoms with Gasteiger partial charge in [0.25, 0.3) is 0 Å². The van der Waals surface area contributed by atoms with Crippen LogP contribution in [0, 0.1) is 0 Å². The summed E-state index contributed by atoms with van der Waals surface area (Å²) in [6, 6.07) is 28.3. The topological polar surface area (TPSA) is 170 Å². The smallest absolute Gasteiger partial charge is 0.319 e. The Morgan fingerprint density at radius 2 is 1.55 bits per heavy atom. The third-order valence-corrected chi connectivity index (χ3v) is 9.80. The number of para-hydroxylation sites is 1. The van der Waals surface area contributed by atoms with E-state index in [9.17, 15) is 19.8 Å². The Balaban J connectivity index is 1.19. The van der Waals surface area contributed by atoms with Crippen LogP contribution in [0.3, 0.4) is 0 Å². The molecule has 1 saturated heterocycles. The molecule has 3 aromatic carbocycles. The molecule has 0 bridgehead atoms. The summed E-state index contributed by atoms with van der Waals surface area (Å²) >= 11 is 0. The van der Waals surface area contributed by atoms with Gasteiger partial charge in [0, 0.05) is 43.7 Å². The van der Waals surface area contributed by atoms with Crippen LogP contribution in [0.5, 0.6) is 0 Å². The van der Waals surface area contributed by atoms with Crippen molar-refractivity contribution in [2.45, 2.75) is 62.4 Å². The van der Waals surface area contributed by atoms with Crippen LogP contribution in [0.25, 0.3) is 11.2 Å². The maximum atomic E-state index is 12.8. The number of hydrogen-bond acceptors (Lipinski definition) is 9. The lowest BCUT2D eigenvalue weighted by atomic mass is 9.91. The average molecular weight is 690 g/mol. The third kappa shape index (κ3) is 7.49. The number of amides is 3. The molecule has 3 heterocycles. The molecule has 51 heavy (non-hydrogen) atoms. The van der Waals surface area contributed by atoms with Gasteiger partial charge in [0.2, 0.25) is 11.9 Å². The van der Waals surface area contributed by atoms with Crippen LogP contribution in [0.1, 0.15) is 49.3 Å². The molecule has 1 saturated carbocycles. The van der Waals surface area contributed by atoms with Crippen molar-refractivity contribution in [3.05, 3.63) is 108 Å². The molecule has 2 fully saturated rings. The second-order valence-electron chi connectivity index (χ2n) is 13.2. The first-order chi connectivity index (χ1) is 24.9. The largest absolute Gasteiger partial charge is 0.388 e. The van der Waals surface area contributed by atoms with E-state index in [1.165, 1.54) is 0 Å². The number of aliphatic hydroxyl groups is 2. The fourth-order valence-corrected chi connectivity index (χ4v) is 7.08. The molecular formula is C38H43N9O4. The molecule has 5 atom stereocenters. The van der Waals surface area contributed by atoms with Crippen molar-refractivity contribution in [1.82, 2.24) is 30.2 Å². The predicted octanol–water partition coefficient (Wildman–Crippen LogP) is 4.03. The highest BCUT2D eigenvalue weighted by Gasteiger charge is 2.44. The quantitative estimate of drug-likeness (QED) is 0.120. The van der Waals surface area contributed by atoms with Gasteiger partial charge >= 0.3 is 6.03 Å². The van der Waals surface area contributed by atoms with E-state index < -0.39 is 24.3 Å². The van der Waals surface area contributed by atoms with Crippen molar-refractivity contribution in [2.24, 2.45) is 0 Å². The van der Waals surface area contributed by atoms with Crippen molar-refractivity contribution < 1.29 is 19.8 Å². The van der Waals surface area contributed by atoms with Gasteiger partial charge in [-0.1, -0.05) is 85.8 Å². The summed E-state index contributed by atoms with van der Waals surface area (Å²) < 4.78 is 1.78. The van der Waals surface area contributed by atoms with Crippen LogP contribution in [0.4, 0.5) is 22.2 Å². The maximum Gasteiger partial charge on any atom is 0.319 e. The SMILES string of the molecule is CCC(=O)N[C@H]1C[C@@H](n2cnc3c(NCC(c4ccccc4)c4ccccc4)nc(N4CCC(NC(=O)Nc5ccccc5)C4)nc32)[C@H](O)[C@@H]1O. The maximum absolute atomic E-state index is 12.8. The van der Waals surface area contributed by atoms with Gasteiger partial charge in [0.15, 0.2) is 17.0 Å². The van der Waals surface area contributed by atoms with E-state index >= 15 is 0 Å². The van der Waals surface area contributed by atoms with Gasteiger partial charge in [0.1, 0.15) is 12.2 Å². The van der Waals surface area contributed by atoms with Gasteiger partial charge in [-0.2, -0.15) is 9.97 Å². The Labute approximate surface area is 296 Å². The Morgan fingerprint density at radius 1 is 0.882 bits per heavy atom. The number of imidazole rings is 1. The summed E-state index contributed by atoms with van der Waals surface area (Å²) in [4.78, 5) is 41.7. The van der Waals surface area contributed by atoms with Crippen molar-refractivity contribution in [1.29, 1.82) is 0 Å². The van der Waals surface area contributed by atoms with Gasteiger partial charge in [-0.3, -0.25) is 4.79 Å². The molecule has 5 aromatic rings. The zero-order valence-electron chi connectivity index (χ0n) is 28.4. The molecule has 13 nitrogen and oxygen atoms in total. The fourth-order valence-electron chi connectivity index (χ4n) is 7.08. The highest BCUT2D eigenvalue weighted by molar-refractivity contribution is 5.89. The molecule has 13 heteroatoms. The number of aromatic nitrogens is 4. The van der Waals surface area contributed by atoms with Crippen molar-refractivity contribution in [3.8, 4) is 0 Å². The zero-order valence-corrected chi connectivity index (χ0v) is 28.4. The number of urea groups is 1. The number of fused-ring (bicyclic) bond motifs is 1. The minimum absolute atomic E-state index is 0.0150. The minimum Gasteiger partial charge on any atom is -0.388 e. The van der Waals surface area contributed by atoms with Crippen LogP contribution in [-0.2, 0) is 4.79 Å². The van der Waals surface area contributed by atoms with E-state index in [4.69, 9.17) is 15.0 Å². The van der Waals surface area contributed by atoms with Crippen LogP contribution in [0.2, 0.25) is 0 Å². The highest BCUT2D eigenvalue weighted by atomic mass is 16.3. The highest BCUT2D eigenvalue weighted by Crippen LogP contribution is 2.35. The first-order valence-electron chi connectivity index (χ1n) is 17.5. The van der Waals surface area contributed by atoms with E-state index in [0.717, 1.165) is 11.1 Å². The lowest BCUT2D eigenvalue weighted by Crippen LogP contribution is -2.42. The molecule has 6 N–H and O–H groups in total. The monoisotopic (exact) mass is 689 g/mol. The van der Waals surface area contributed by atoms with Crippen LogP contribution in [-0.4, -0.2) is 85.6 Å². The van der Waals surface area contributed by atoms with Crippen LogP contribution < -0.4 is 26.2 Å². The Hall–Kier alpha value is -5.53. The van der Waals surface area contributed by atoms with Crippen molar-refractivity contribution >= 4 is 40.6 Å². The molecule has 264 valence electrons. The number of benzene rings is 3. The van der Waals surface area contributed by atoms with Gasteiger partial charge in [0.05, 0.1) is 18.4 Å². The number of carbonyl (C=O) groups is 2. The minimum atomic E-state index is -1.15. The van der Waals surface area contributed by atoms with E-state index in [0.29, 0.717) is 61.1 Å². The predicted molar refractivity (Wildman–Crippen MR) is 196 cm³/mol. The zero-order chi connectivity index (χ0) is 35.3. The van der Waals surface area contributed by atoms with E-state index in [1.54, 1.807) is 17.8 Å². The van der Waals surface area contributed by atoms with E-state index in [2.05, 4.69) is 45.5 Å². The third-order valence-electron chi connectivity index (χ3n) is 9.80. The number of nitrogens with zero attached hydrogens (tertiary/aromatic N) is 5. The molecule has 1 aliphatic heterocycles. The number of nitrogens with one attached hydrogen (secondary N) is 4. The van der Waals surface area contributed by atoms with Crippen molar-refractivity contribution in [3.63, 3.8) is 0 Å². The summed E-state index contributed by atoms with van der Waals surface area (Å²) in [6.45, 7) is 3.37. The van der Waals surface area contributed by atoms with Gasteiger partial charge in [-0.05, 0) is 36.1 Å². The molecule has 2 aliphatic rings. The molecule has 0 spiro atoms. The first kappa shape index (κ1) is 33.9. The average Bonchev–Trinajstić information content (AvgIpc) is 3.87. The number of hydrogen-bond donors (Lipinski definition) is 6. The summed E-state index contributed by atoms with van der Waals surface area (Å²) in [5.41, 5.74) is 4.03. The standard InChI is InChI=1S/C38H43N9O4/c1-2-31(48)43-29-20-30(34(50)33(29)49)47-23-40-32-35(39-21-28(24-12-6-3-7-13-24)25-14-8-4-9-15-25)44-37(45-36(32)47)46-19-18-27(22-46)42-38(51)41-26-16-10-5-11-17-26/h3-17,23,27-30,33-34,49-50H,2,18-22H2,1H3,(H,43,48)(H,39,44,45)(H2,41,42,51)/t27?,29-,30+,33+,34-/m0/s1. The summed E-state index contributed by atoms with van der Waals surface area (Å²) in [7, 11) is 0. The molecule has 7 rings (SSSR count). The van der Waals surface area contributed by atoms with E-state index in [-0.39, 0.29) is 30.3 Å².